The van der Waals surface area contributed by atoms with Gasteiger partial charge in [0.25, 0.3) is 5.91 Å². The van der Waals surface area contributed by atoms with Gasteiger partial charge in [0.2, 0.25) is 0 Å². The minimum atomic E-state index is -0.0104. The highest BCUT2D eigenvalue weighted by atomic mass is 16.2. The third-order valence-electron chi connectivity index (χ3n) is 1.52. The molecule has 0 atom stereocenters. The molecule has 0 radical (unpaired) electrons. The minimum absolute atomic E-state index is 0.0104. The van der Waals surface area contributed by atoms with Gasteiger partial charge in [-0.05, 0) is 13.8 Å². The SMILES string of the molecule is C=C1NC=CC(=O)N1C(C)C. The molecule has 1 aliphatic heterocycles. The van der Waals surface area contributed by atoms with Crippen LogP contribution in [-0.4, -0.2) is 16.8 Å². The summed E-state index contributed by atoms with van der Waals surface area (Å²) in [6.45, 7) is 7.61. The first-order valence-electron chi connectivity index (χ1n) is 3.58. The van der Waals surface area contributed by atoms with E-state index in [1.165, 1.54) is 6.08 Å². The molecular weight excluding hydrogens is 140 g/mol. The second-order valence-corrected chi connectivity index (χ2v) is 2.73. The van der Waals surface area contributed by atoms with Crippen molar-refractivity contribution in [1.82, 2.24) is 10.2 Å². The van der Waals surface area contributed by atoms with Crippen LogP contribution in [0.15, 0.2) is 24.7 Å². The molecule has 1 amide bonds. The summed E-state index contributed by atoms with van der Waals surface area (Å²) in [5.74, 6) is 0.635. The van der Waals surface area contributed by atoms with Crippen LogP contribution in [-0.2, 0) is 4.79 Å². The number of amides is 1. The van der Waals surface area contributed by atoms with Gasteiger partial charge in [-0.2, -0.15) is 0 Å². The Hall–Kier alpha value is -1.25. The Labute approximate surface area is 66.4 Å². The molecule has 3 heteroatoms. The predicted molar refractivity (Wildman–Crippen MR) is 43.4 cm³/mol. The summed E-state index contributed by atoms with van der Waals surface area (Å²) in [5, 5.41) is 2.87. The normalized spacial score (nSPS) is 17.5. The first-order chi connectivity index (χ1) is 5.13. The minimum Gasteiger partial charge on any atom is -0.348 e. The molecule has 0 aromatic heterocycles. The molecule has 0 aromatic carbocycles. The average Bonchev–Trinajstić information content (AvgIpc) is 1.85. The molecular formula is C8H12N2O. The number of hydrogen-bond acceptors (Lipinski definition) is 2. The summed E-state index contributed by atoms with van der Waals surface area (Å²) in [6.07, 6.45) is 3.10. The third kappa shape index (κ3) is 1.42. The fourth-order valence-electron chi connectivity index (χ4n) is 1.06. The maximum atomic E-state index is 11.2. The van der Waals surface area contributed by atoms with Crippen LogP contribution < -0.4 is 5.32 Å². The summed E-state index contributed by atoms with van der Waals surface area (Å²) in [5.41, 5.74) is 0. The lowest BCUT2D eigenvalue weighted by Crippen LogP contribution is -2.41. The van der Waals surface area contributed by atoms with Gasteiger partial charge in [0.1, 0.15) is 5.82 Å². The molecule has 1 heterocycles. The van der Waals surface area contributed by atoms with Gasteiger partial charge in [0.05, 0.1) is 0 Å². The largest absolute Gasteiger partial charge is 0.348 e. The Morgan fingerprint density at radius 3 is 2.64 bits per heavy atom. The van der Waals surface area contributed by atoms with Crippen molar-refractivity contribution >= 4 is 5.91 Å². The van der Waals surface area contributed by atoms with E-state index < -0.39 is 0 Å². The van der Waals surface area contributed by atoms with Crippen LogP contribution in [0.25, 0.3) is 0 Å². The Kier molecular flexibility index (Phi) is 1.98. The fourth-order valence-corrected chi connectivity index (χ4v) is 1.06. The van der Waals surface area contributed by atoms with Crippen molar-refractivity contribution in [1.29, 1.82) is 0 Å². The van der Waals surface area contributed by atoms with E-state index in [1.807, 2.05) is 13.8 Å². The van der Waals surface area contributed by atoms with E-state index in [0.717, 1.165) is 0 Å². The molecule has 0 aromatic rings. The smallest absolute Gasteiger partial charge is 0.253 e. The molecule has 0 aliphatic carbocycles. The van der Waals surface area contributed by atoms with E-state index in [9.17, 15) is 4.79 Å². The van der Waals surface area contributed by atoms with Gasteiger partial charge in [-0.3, -0.25) is 9.69 Å². The molecule has 0 saturated carbocycles. The summed E-state index contributed by atoms with van der Waals surface area (Å²) in [7, 11) is 0. The zero-order chi connectivity index (χ0) is 8.43. The highest BCUT2D eigenvalue weighted by Crippen LogP contribution is 2.09. The first-order valence-corrected chi connectivity index (χ1v) is 3.58. The topological polar surface area (TPSA) is 32.3 Å². The molecule has 1 rings (SSSR count). The summed E-state index contributed by atoms with van der Waals surface area (Å²) in [6, 6.07) is 0.160. The van der Waals surface area contributed by atoms with Crippen LogP contribution in [0, 0.1) is 0 Å². The van der Waals surface area contributed by atoms with Crippen LogP contribution >= 0.6 is 0 Å². The van der Waals surface area contributed by atoms with Crippen LogP contribution in [0.4, 0.5) is 0 Å². The number of nitrogens with one attached hydrogen (secondary N) is 1. The molecule has 60 valence electrons. The van der Waals surface area contributed by atoms with E-state index in [0.29, 0.717) is 5.82 Å². The van der Waals surface area contributed by atoms with Crippen molar-refractivity contribution in [3.63, 3.8) is 0 Å². The van der Waals surface area contributed by atoms with Crippen molar-refractivity contribution in [2.24, 2.45) is 0 Å². The number of carbonyl (C=O) groups is 1. The third-order valence-corrected chi connectivity index (χ3v) is 1.52. The Bertz CT molecular complexity index is 218. The molecule has 11 heavy (non-hydrogen) atoms. The molecule has 0 bridgehead atoms. The van der Waals surface area contributed by atoms with Gasteiger partial charge in [0, 0.05) is 18.3 Å². The second kappa shape index (κ2) is 2.78. The van der Waals surface area contributed by atoms with Gasteiger partial charge < -0.3 is 5.32 Å². The number of nitrogens with zero attached hydrogens (tertiary/aromatic N) is 1. The second-order valence-electron chi connectivity index (χ2n) is 2.73. The first kappa shape index (κ1) is 7.85. The standard InChI is InChI=1S/C8H12N2O/c1-6(2)10-7(3)9-5-4-8(10)11/h4-6,9H,3H2,1-2H3. The van der Waals surface area contributed by atoms with E-state index in [2.05, 4.69) is 11.9 Å². The van der Waals surface area contributed by atoms with Crippen LogP contribution in [0.2, 0.25) is 0 Å². The van der Waals surface area contributed by atoms with Gasteiger partial charge in [-0.15, -0.1) is 0 Å². The lowest BCUT2D eigenvalue weighted by molar-refractivity contribution is -0.126. The van der Waals surface area contributed by atoms with Gasteiger partial charge in [-0.1, -0.05) is 6.58 Å². The summed E-state index contributed by atoms with van der Waals surface area (Å²) >= 11 is 0. The highest BCUT2D eigenvalue weighted by molar-refractivity contribution is 5.90. The zero-order valence-electron chi connectivity index (χ0n) is 6.79. The predicted octanol–water partition coefficient (Wildman–Crippen LogP) is 0.811. The van der Waals surface area contributed by atoms with E-state index in [4.69, 9.17) is 0 Å². The lowest BCUT2D eigenvalue weighted by Gasteiger charge is -2.29. The van der Waals surface area contributed by atoms with Gasteiger partial charge in [0.15, 0.2) is 0 Å². The molecule has 0 fully saturated rings. The van der Waals surface area contributed by atoms with E-state index in [-0.39, 0.29) is 11.9 Å². The maximum absolute atomic E-state index is 11.2. The molecule has 3 nitrogen and oxygen atoms in total. The van der Waals surface area contributed by atoms with Crippen molar-refractivity contribution in [3.8, 4) is 0 Å². The maximum Gasteiger partial charge on any atom is 0.253 e. The Morgan fingerprint density at radius 2 is 2.27 bits per heavy atom. The highest BCUT2D eigenvalue weighted by Gasteiger charge is 2.19. The van der Waals surface area contributed by atoms with E-state index >= 15 is 0 Å². The van der Waals surface area contributed by atoms with Crippen molar-refractivity contribution in [2.75, 3.05) is 0 Å². The quantitative estimate of drug-likeness (QED) is 0.603. The fraction of sp³-hybridized carbons (Fsp3) is 0.375. The lowest BCUT2D eigenvalue weighted by atomic mass is 10.3. The average molecular weight is 152 g/mol. The Morgan fingerprint density at radius 1 is 1.64 bits per heavy atom. The van der Waals surface area contributed by atoms with Crippen LogP contribution in [0.3, 0.4) is 0 Å². The molecule has 0 saturated heterocycles. The molecule has 0 spiro atoms. The summed E-state index contributed by atoms with van der Waals surface area (Å²) < 4.78 is 0. The summed E-state index contributed by atoms with van der Waals surface area (Å²) in [4.78, 5) is 12.8. The molecule has 1 aliphatic rings. The number of rotatable bonds is 1. The van der Waals surface area contributed by atoms with Crippen LogP contribution in [0.1, 0.15) is 13.8 Å². The number of carbonyl (C=O) groups excluding carboxylic acids is 1. The van der Waals surface area contributed by atoms with Gasteiger partial charge in [-0.25, -0.2) is 0 Å². The molecule has 1 N–H and O–H groups in total. The van der Waals surface area contributed by atoms with E-state index in [1.54, 1.807) is 11.1 Å². The monoisotopic (exact) mass is 152 g/mol. The van der Waals surface area contributed by atoms with Crippen molar-refractivity contribution in [3.05, 3.63) is 24.7 Å². The number of hydrogen-bond donors (Lipinski definition) is 1. The van der Waals surface area contributed by atoms with Gasteiger partial charge >= 0.3 is 0 Å². The van der Waals surface area contributed by atoms with Crippen LogP contribution in [0.5, 0.6) is 0 Å². The van der Waals surface area contributed by atoms with Crippen molar-refractivity contribution in [2.45, 2.75) is 19.9 Å². The Balaban J connectivity index is 2.83. The molecule has 0 unspecified atom stereocenters. The van der Waals surface area contributed by atoms with Crippen molar-refractivity contribution < 1.29 is 4.79 Å². The zero-order valence-corrected chi connectivity index (χ0v) is 6.79.